The number of rotatable bonds is 4. The topological polar surface area (TPSA) is 72.2 Å². The summed E-state index contributed by atoms with van der Waals surface area (Å²) < 4.78 is 0. The molecule has 2 rings (SSSR count). The lowest BCUT2D eigenvalue weighted by molar-refractivity contribution is -0.385. The van der Waals surface area contributed by atoms with E-state index < -0.39 is 4.92 Å². The molecule has 0 bridgehead atoms. The number of halogens is 1. The number of amides is 1. The maximum atomic E-state index is 12.4. The zero-order chi connectivity index (χ0) is 14.6. The van der Waals surface area contributed by atoms with E-state index in [1.165, 1.54) is 18.6 Å². The molecular weight excluding hydrogens is 324 g/mol. The minimum Gasteiger partial charge on any atom is -0.346 e. The highest BCUT2D eigenvalue weighted by Crippen LogP contribution is 2.30. The van der Waals surface area contributed by atoms with Crippen molar-refractivity contribution in [2.75, 3.05) is 5.33 Å². The first kappa shape index (κ1) is 15.0. The van der Waals surface area contributed by atoms with Gasteiger partial charge >= 0.3 is 0 Å². The molecule has 1 aliphatic carbocycles. The molecule has 1 fully saturated rings. The molecule has 1 amide bonds. The molecule has 0 saturated heterocycles. The van der Waals surface area contributed by atoms with Crippen LogP contribution in [0.1, 0.15) is 42.5 Å². The van der Waals surface area contributed by atoms with E-state index in [-0.39, 0.29) is 22.7 Å². The molecule has 0 radical (unpaired) electrons. The number of nitrogens with one attached hydrogen (secondary N) is 1. The molecule has 0 aliphatic heterocycles. The van der Waals surface area contributed by atoms with Crippen LogP contribution in [0.3, 0.4) is 0 Å². The molecular formula is C14H17BrN2O3. The Hall–Kier alpha value is -1.43. The predicted octanol–water partition coefficient (Wildman–Crippen LogP) is 3.42. The van der Waals surface area contributed by atoms with Gasteiger partial charge in [0.2, 0.25) is 0 Å². The van der Waals surface area contributed by atoms with Crippen LogP contribution in [-0.2, 0) is 0 Å². The molecule has 0 spiro atoms. The first-order valence-electron chi connectivity index (χ1n) is 6.70. The third-order valence-electron chi connectivity index (χ3n) is 3.79. The van der Waals surface area contributed by atoms with E-state index in [1.54, 1.807) is 12.1 Å². The maximum Gasteiger partial charge on any atom is 0.282 e. The molecule has 1 saturated carbocycles. The summed E-state index contributed by atoms with van der Waals surface area (Å²) in [6.45, 7) is 0. The molecule has 1 aromatic carbocycles. The molecule has 0 heterocycles. The summed E-state index contributed by atoms with van der Waals surface area (Å²) in [6.07, 6.45) is 5.14. The average Bonchev–Trinajstić information content (AvgIpc) is 2.48. The quantitative estimate of drug-likeness (QED) is 0.518. The van der Waals surface area contributed by atoms with E-state index in [4.69, 9.17) is 0 Å². The third-order valence-corrected chi connectivity index (χ3v) is 4.86. The average molecular weight is 341 g/mol. The van der Waals surface area contributed by atoms with E-state index >= 15 is 0 Å². The second-order valence-electron chi connectivity index (χ2n) is 5.20. The summed E-state index contributed by atoms with van der Waals surface area (Å²) in [5.74, 6) is -0.362. The summed E-state index contributed by atoms with van der Waals surface area (Å²) in [5, 5.41) is 14.7. The SMILES string of the molecule is O=C(NC1(CBr)CCCCC1)c1ccccc1[N+](=O)[O-]. The Morgan fingerprint density at radius 2 is 1.95 bits per heavy atom. The Morgan fingerprint density at radius 3 is 2.55 bits per heavy atom. The fourth-order valence-electron chi connectivity index (χ4n) is 2.65. The van der Waals surface area contributed by atoms with Crippen LogP contribution in [0.5, 0.6) is 0 Å². The van der Waals surface area contributed by atoms with Crippen LogP contribution in [0, 0.1) is 10.1 Å². The van der Waals surface area contributed by atoms with Gasteiger partial charge in [-0.3, -0.25) is 14.9 Å². The van der Waals surface area contributed by atoms with E-state index in [9.17, 15) is 14.9 Å². The van der Waals surface area contributed by atoms with Crippen molar-refractivity contribution in [2.45, 2.75) is 37.6 Å². The summed E-state index contributed by atoms with van der Waals surface area (Å²) in [6, 6.07) is 6.06. The summed E-state index contributed by atoms with van der Waals surface area (Å²) in [5.41, 5.74) is -0.298. The van der Waals surface area contributed by atoms with Crippen molar-refractivity contribution in [1.29, 1.82) is 0 Å². The molecule has 0 unspecified atom stereocenters. The molecule has 1 aromatic rings. The number of para-hydroxylation sites is 1. The Bertz CT molecular complexity index is 513. The van der Waals surface area contributed by atoms with Crippen LogP contribution < -0.4 is 5.32 Å². The molecule has 1 N–H and O–H groups in total. The Balaban J connectivity index is 2.21. The molecule has 1 aliphatic rings. The second-order valence-corrected chi connectivity index (χ2v) is 5.76. The zero-order valence-electron chi connectivity index (χ0n) is 11.1. The van der Waals surface area contributed by atoms with Gasteiger partial charge in [-0.25, -0.2) is 0 Å². The van der Waals surface area contributed by atoms with Crippen molar-refractivity contribution in [2.24, 2.45) is 0 Å². The van der Waals surface area contributed by atoms with Gasteiger partial charge in [0.1, 0.15) is 5.56 Å². The number of benzene rings is 1. The minimum absolute atomic E-state index is 0.128. The number of alkyl halides is 1. The van der Waals surface area contributed by atoms with Crippen LogP contribution in [0.4, 0.5) is 5.69 Å². The molecule has 5 nitrogen and oxygen atoms in total. The van der Waals surface area contributed by atoms with Crippen LogP contribution in [0.25, 0.3) is 0 Å². The highest BCUT2D eigenvalue weighted by atomic mass is 79.9. The normalized spacial score (nSPS) is 17.4. The summed E-state index contributed by atoms with van der Waals surface area (Å²) in [7, 11) is 0. The first-order valence-corrected chi connectivity index (χ1v) is 7.82. The number of hydrogen-bond donors (Lipinski definition) is 1. The molecule has 0 atom stereocenters. The first-order chi connectivity index (χ1) is 9.58. The van der Waals surface area contributed by atoms with Gasteiger partial charge in [-0.15, -0.1) is 0 Å². The fraction of sp³-hybridized carbons (Fsp3) is 0.500. The van der Waals surface area contributed by atoms with Gasteiger partial charge in [-0.05, 0) is 18.9 Å². The smallest absolute Gasteiger partial charge is 0.282 e. The number of nitro benzene ring substituents is 1. The van der Waals surface area contributed by atoms with Gasteiger partial charge < -0.3 is 5.32 Å². The van der Waals surface area contributed by atoms with Crippen molar-refractivity contribution in [3.05, 3.63) is 39.9 Å². The second kappa shape index (κ2) is 6.35. The molecule has 6 heteroatoms. The minimum atomic E-state index is -0.517. The van der Waals surface area contributed by atoms with Crippen molar-refractivity contribution >= 4 is 27.5 Å². The predicted molar refractivity (Wildman–Crippen MR) is 80.2 cm³/mol. The van der Waals surface area contributed by atoms with E-state index in [0.717, 1.165) is 25.7 Å². The third kappa shape index (κ3) is 3.17. The molecule has 20 heavy (non-hydrogen) atoms. The van der Waals surface area contributed by atoms with Crippen LogP contribution >= 0.6 is 15.9 Å². The van der Waals surface area contributed by atoms with E-state index in [0.29, 0.717) is 5.33 Å². The van der Waals surface area contributed by atoms with Gasteiger partial charge in [-0.1, -0.05) is 47.3 Å². The van der Waals surface area contributed by atoms with Crippen LogP contribution in [0.2, 0.25) is 0 Å². The van der Waals surface area contributed by atoms with Gasteiger partial charge in [-0.2, -0.15) is 0 Å². The Kier molecular flexibility index (Phi) is 4.75. The monoisotopic (exact) mass is 340 g/mol. The maximum absolute atomic E-state index is 12.4. The number of carbonyl (C=O) groups is 1. The van der Waals surface area contributed by atoms with Gasteiger partial charge in [0.05, 0.1) is 10.5 Å². The van der Waals surface area contributed by atoms with E-state index in [1.807, 2.05) is 0 Å². The lowest BCUT2D eigenvalue weighted by atomic mass is 9.83. The van der Waals surface area contributed by atoms with Gasteiger partial charge in [0, 0.05) is 11.4 Å². The number of nitrogens with zero attached hydrogens (tertiary/aromatic N) is 1. The van der Waals surface area contributed by atoms with Crippen molar-refractivity contribution in [1.82, 2.24) is 5.32 Å². The van der Waals surface area contributed by atoms with Gasteiger partial charge in [0.25, 0.3) is 11.6 Å². The lowest BCUT2D eigenvalue weighted by Gasteiger charge is -2.36. The van der Waals surface area contributed by atoms with E-state index in [2.05, 4.69) is 21.2 Å². The highest BCUT2D eigenvalue weighted by molar-refractivity contribution is 9.09. The Labute approximate surface area is 126 Å². The standard InChI is InChI=1S/C14H17BrN2O3/c15-10-14(8-4-1-5-9-14)16-13(18)11-6-2-3-7-12(11)17(19)20/h2-3,6-7H,1,4-5,8-10H2,(H,16,18). The van der Waals surface area contributed by atoms with Crippen molar-refractivity contribution in [3.8, 4) is 0 Å². The molecule has 108 valence electrons. The Morgan fingerprint density at radius 1 is 1.30 bits per heavy atom. The van der Waals surface area contributed by atoms with Crippen molar-refractivity contribution in [3.63, 3.8) is 0 Å². The number of hydrogen-bond acceptors (Lipinski definition) is 3. The summed E-state index contributed by atoms with van der Waals surface area (Å²) >= 11 is 3.47. The molecule has 0 aromatic heterocycles. The van der Waals surface area contributed by atoms with Crippen molar-refractivity contribution < 1.29 is 9.72 Å². The lowest BCUT2D eigenvalue weighted by Crippen LogP contribution is -2.51. The largest absolute Gasteiger partial charge is 0.346 e. The number of carbonyl (C=O) groups excluding carboxylic acids is 1. The van der Waals surface area contributed by atoms with Crippen LogP contribution in [0.15, 0.2) is 24.3 Å². The van der Waals surface area contributed by atoms with Crippen LogP contribution in [-0.4, -0.2) is 21.7 Å². The highest BCUT2D eigenvalue weighted by Gasteiger charge is 2.34. The van der Waals surface area contributed by atoms with Gasteiger partial charge in [0.15, 0.2) is 0 Å². The fourth-order valence-corrected chi connectivity index (χ4v) is 3.35. The summed E-state index contributed by atoms with van der Waals surface area (Å²) in [4.78, 5) is 22.8. The number of nitro groups is 1. The zero-order valence-corrected chi connectivity index (χ0v) is 12.7.